The molecular weight excluding hydrogens is 240 g/mol. The van der Waals surface area contributed by atoms with Crippen LogP contribution in [0.2, 0.25) is 0 Å². The van der Waals surface area contributed by atoms with E-state index in [1.165, 1.54) is 17.7 Å². The molecule has 4 heteroatoms. The van der Waals surface area contributed by atoms with Crippen LogP contribution in [0, 0.1) is 0 Å². The quantitative estimate of drug-likeness (QED) is 0.807. The van der Waals surface area contributed by atoms with Crippen LogP contribution >= 0.6 is 0 Å². The molecule has 1 saturated heterocycles. The van der Waals surface area contributed by atoms with Crippen LogP contribution in [-0.2, 0) is 6.42 Å². The van der Waals surface area contributed by atoms with Crippen LogP contribution in [0.3, 0.4) is 0 Å². The molecule has 1 fully saturated rings. The summed E-state index contributed by atoms with van der Waals surface area (Å²) < 4.78 is 10.9. The molecule has 2 heterocycles. The van der Waals surface area contributed by atoms with Gasteiger partial charge in [-0.2, -0.15) is 0 Å². The molecule has 1 aromatic carbocycles. The number of likely N-dealkylation sites (N-methyl/N-ethyl adjacent to an activating group) is 1. The molecule has 0 radical (unpaired) electrons. The predicted molar refractivity (Wildman–Crippen MR) is 75.1 cm³/mol. The largest absolute Gasteiger partial charge is 0.493 e. The van der Waals surface area contributed by atoms with Gasteiger partial charge in [0.1, 0.15) is 0 Å². The lowest BCUT2D eigenvalue weighted by atomic mass is 9.90. The highest BCUT2D eigenvalue weighted by atomic mass is 16.5. The summed E-state index contributed by atoms with van der Waals surface area (Å²) in [5, 5.41) is 0. The van der Waals surface area contributed by atoms with E-state index >= 15 is 0 Å². The summed E-state index contributed by atoms with van der Waals surface area (Å²) in [5.74, 6) is 1.69. The van der Waals surface area contributed by atoms with Crippen LogP contribution in [0.15, 0.2) is 12.1 Å². The van der Waals surface area contributed by atoms with Gasteiger partial charge >= 0.3 is 0 Å². The molecule has 1 aromatic rings. The van der Waals surface area contributed by atoms with Crippen molar-refractivity contribution in [3.05, 3.63) is 23.3 Å². The summed E-state index contributed by atoms with van der Waals surface area (Å²) in [6.07, 6.45) is 1.11. The van der Waals surface area contributed by atoms with Crippen LogP contribution in [0.5, 0.6) is 11.5 Å². The molecule has 1 unspecified atom stereocenters. The maximum Gasteiger partial charge on any atom is 0.161 e. The Balaban J connectivity index is 2.01. The molecule has 0 spiro atoms. The topological polar surface area (TPSA) is 24.9 Å². The Bertz CT molecular complexity index is 475. The molecule has 2 aliphatic rings. The molecule has 104 valence electrons. The van der Waals surface area contributed by atoms with E-state index in [0.29, 0.717) is 6.04 Å². The van der Waals surface area contributed by atoms with Crippen molar-refractivity contribution in [3.8, 4) is 11.5 Å². The van der Waals surface area contributed by atoms with Gasteiger partial charge in [-0.05, 0) is 36.7 Å². The van der Waals surface area contributed by atoms with Gasteiger partial charge in [-0.1, -0.05) is 0 Å². The van der Waals surface area contributed by atoms with E-state index < -0.39 is 0 Å². The first kappa shape index (κ1) is 12.8. The number of methoxy groups -OCH3 is 2. The van der Waals surface area contributed by atoms with Crippen molar-refractivity contribution < 1.29 is 9.47 Å². The maximum atomic E-state index is 5.45. The van der Waals surface area contributed by atoms with E-state index in [0.717, 1.165) is 37.6 Å². The Kier molecular flexibility index (Phi) is 3.37. The zero-order valence-corrected chi connectivity index (χ0v) is 12.0. The minimum Gasteiger partial charge on any atom is -0.493 e. The first-order chi connectivity index (χ1) is 9.22. The molecular formula is C15H22N2O2. The Morgan fingerprint density at radius 1 is 1.05 bits per heavy atom. The fourth-order valence-electron chi connectivity index (χ4n) is 3.25. The summed E-state index contributed by atoms with van der Waals surface area (Å²) >= 11 is 0. The lowest BCUT2D eigenvalue weighted by molar-refractivity contribution is 0.0823. The summed E-state index contributed by atoms with van der Waals surface area (Å²) in [7, 11) is 5.61. The Hall–Kier alpha value is -1.26. The third kappa shape index (κ3) is 2.19. The normalized spacial score (nSPS) is 23.6. The summed E-state index contributed by atoms with van der Waals surface area (Å²) in [6.45, 7) is 4.58. The summed E-state index contributed by atoms with van der Waals surface area (Å²) in [6, 6.07) is 4.83. The van der Waals surface area contributed by atoms with E-state index in [9.17, 15) is 0 Å². The predicted octanol–water partition coefficient (Wildman–Crippen LogP) is 1.55. The summed E-state index contributed by atoms with van der Waals surface area (Å²) in [5.41, 5.74) is 2.82. The van der Waals surface area contributed by atoms with Crippen molar-refractivity contribution in [2.24, 2.45) is 0 Å². The van der Waals surface area contributed by atoms with Crippen molar-refractivity contribution in [1.82, 2.24) is 9.80 Å². The van der Waals surface area contributed by atoms with Gasteiger partial charge in [0.05, 0.1) is 14.2 Å². The molecule has 19 heavy (non-hydrogen) atoms. The second-order valence-electron chi connectivity index (χ2n) is 5.47. The van der Waals surface area contributed by atoms with E-state index in [4.69, 9.17) is 9.47 Å². The van der Waals surface area contributed by atoms with Crippen LogP contribution in [0.4, 0.5) is 0 Å². The minimum atomic E-state index is 0.502. The number of fused-ring (bicyclic) bond motifs is 3. The van der Waals surface area contributed by atoms with Crippen LogP contribution in [0.25, 0.3) is 0 Å². The molecule has 4 nitrogen and oxygen atoms in total. The van der Waals surface area contributed by atoms with Gasteiger partial charge < -0.3 is 14.4 Å². The van der Waals surface area contributed by atoms with E-state index in [1.807, 2.05) is 0 Å². The maximum absolute atomic E-state index is 5.45. The monoisotopic (exact) mass is 262 g/mol. The SMILES string of the molecule is COc1cc2c(cc1OC)C1CN(C)CCN1CC2. The van der Waals surface area contributed by atoms with Crippen LogP contribution in [0.1, 0.15) is 17.2 Å². The van der Waals surface area contributed by atoms with Crippen molar-refractivity contribution in [3.63, 3.8) is 0 Å². The molecule has 2 aliphatic heterocycles. The third-order valence-electron chi connectivity index (χ3n) is 4.37. The molecule has 3 rings (SSSR count). The molecule has 0 saturated carbocycles. The fourth-order valence-corrected chi connectivity index (χ4v) is 3.25. The van der Waals surface area contributed by atoms with E-state index in [-0.39, 0.29) is 0 Å². The second-order valence-corrected chi connectivity index (χ2v) is 5.47. The van der Waals surface area contributed by atoms with E-state index in [2.05, 4.69) is 29.0 Å². The smallest absolute Gasteiger partial charge is 0.161 e. The molecule has 0 N–H and O–H groups in total. The minimum absolute atomic E-state index is 0.502. The summed E-state index contributed by atoms with van der Waals surface area (Å²) in [4.78, 5) is 5.00. The molecule has 0 amide bonds. The molecule has 0 aliphatic carbocycles. The number of rotatable bonds is 2. The first-order valence-corrected chi connectivity index (χ1v) is 6.90. The average Bonchev–Trinajstić information content (AvgIpc) is 2.45. The molecule has 0 aromatic heterocycles. The van der Waals surface area contributed by atoms with Crippen LogP contribution < -0.4 is 9.47 Å². The van der Waals surface area contributed by atoms with Gasteiger partial charge in [0, 0.05) is 32.2 Å². The molecule has 1 atom stereocenters. The second kappa shape index (κ2) is 5.02. The Morgan fingerprint density at radius 3 is 2.53 bits per heavy atom. The number of nitrogens with zero attached hydrogens (tertiary/aromatic N) is 2. The number of piperazine rings is 1. The zero-order valence-electron chi connectivity index (χ0n) is 12.0. The standard InChI is InChI=1S/C15H22N2O2/c1-16-6-7-17-5-4-11-8-14(18-2)15(19-3)9-12(11)13(17)10-16/h8-9,13H,4-7,10H2,1-3H3. The fraction of sp³-hybridized carbons (Fsp3) is 0.600. The lowest BCUT2D eigenvalue weighted by Crippen LogP contribution is -2.49. The molecule has 0 bridgehead atoms. The first-order valence-electron chi connectivity index (χ1n) is 6.90. The highest BCUT2D eigenvalue weighted by molar-refractivity contribution is 5.49. The number of ether oxygens (including phenoxy) is 2. The van der Waals surface area contributed by atoms with Crippen molar-refractivity contribution in [2.75, 3.05) is 47.4 Å². The zero-order chi connectivity index (χ0) is 13.4. The highest BCUT2D eigenvalue weighted by Crippen LogP contribution is 2.39. The van der Waals surface area contributed by atoms with E-state index in [1.54, 1.807) is 14.2 Å². The number of hydrogen-bond acceptors (Lipinski definition) is 4. The van der Waals surface area contributed by atoms with Gasteiger partial charge in [-0.25, -0.2) is 0 Å². The number of hydrogen-bond donors (Lipinski definition) is 0. The van der Waals surface area contributed by atoms with Gasteiger partial charge in [-0.15, -0.1) is 0 Å². The third-order valence-corrected chi connectivity index (χ3v) is 4.37. The Morgan fingerprint density at radius 2 is 1.79 bits per heavy atom. The number of benzene rings is 1. The van der Waals surface area contributed by atoms with Gasteiger partial charge in [0.2, 0.25) is 0 Å². The highest BCUT2D eigenvalue weighted by Gasteiger charge is 2.32. The average molecular weight is 262 g/mol. The lowest BCUT2D eigenvalue weighted by Gasteiger charge is -2.44. The van der Waals surface area contributed by atoms with Crippen molar-refractivity contribution >= 4 is 0 Å². The Labute approximate surface area is 114 Å². The van der Waals surface area contributed by atoms with Crippen molar-refractivity contribution in [1.29, 1.82) is 0 Å². The van der Waals surface area contributed by atoms with Crippen molar-refractivity contribution in [2.45, 2.75) is 12.5 Å². The van der Waals surface area contributed by atoms with Gasteiger partial charge in [-0.3, -0.25) is 4.90 Å². The van der Waals surface area contributed by atoms with Gasteiger partial charge in [0.25, 0.3) is 0 Å². The van der Waals surface area contributed by atoms with Gasteiger partial charge in [0.15, 0.2) is 11.5 Å². The van der Waals surface area contributed by atoms with Crippen LogP contribution in [-0.4, -0.2) is 57.2 Å².